The smallest absolute Gasteiger partial charge is 0.408 e. The van der Waals surface area contributed by atoms with Gasteiger partial charge in [-0.2, -0.15) is 11.8 Å². The Morgan fingerprint density at radius 3 is 2.63 bits per heavy atom. The Labute approximate surface area is 182 Å². The zero-order chi connectivity index (χ0) is 22.1. The molecule has 3 amide bonds. The van der Waals surface area contributed by atoms with Crippen LogP contribution in [0.2, 0.25) is 0 Å². The molecule has 0 aliphatic carbocycles. The first kappa shape index (κ1) is 24.0. The number of carbonyl (C=O) groups excluding carboxylic acids is 3. The fourth-order valence-corrected chi connectivity index (χ4v) is 3.73. The summed E-state index contributed by atoms with van der Waals surface area (Å²) >= 11 is 1.60. The predicted octanol–water partition coefficient (Wildman–Crippen LogP) is 2.34. The fourth-order valence-electron chi connectivity index (χ4n) is 3.25. The van der Waals surface area contributed by atoms with Crippen LogP contribution in [0.3, 0.4) is 0 Å². The summed E-state index contributed by atoms with van der Waals surface area (Å²) in [5.41, 5.74) is 0.291. The Balaban J connectivity index is 2.01. The number of rotatable bonds is 8. The topological polar surface area (TPSA) is 101 Å². The first-order chi connectivity index (χ1) is 14.2. The third kappa shape index (κ3) is 7.51. The van der Waals surface area contributed by atoms with E-state index in [-0.39, 0.29) is 11.8 Å². The van der Waals surface area contributed by atoms with E-state index in [2.05, 4.69) is 15.6 Å². The standard InChI is InChI=1S/C21H32N4O4S/c1-21(2,3)29-20(28)24-16(9-13-30-4)19(27)25-12-5-6-17(25)18(26)23-14-15-7-10-22-11-8-15/h7-8,10-11,16-17H,5-6,9,12-14H2,1-4H3,(H,23,26)(H,24,28)/t16-,17-/m0/s1. The summed E-state index contributed by atoms with van der Waals surface area (Å²) in [6.07, 6.45) is 6.49. The van der Waals surface area contributed by atoms with Crippen LogP contribution in [0.15, 0.2) is 24.5 Å². The van der Waals surface area contributed by atoms with Gasteiger partial charge in [0.05, 0.1) is 0 Å². The van der Waals surface area contributed by atoms with Crippen molar-refractivity contribution in [3.63, 3.8) is 0 Å². The lowest BCUT2D eigenvalue weighted by Crippen LogP contribution is -2.54. The van der Waals surface area contributed by atoms with E-state index < -0.39 is 23.8 Å². The Morgan fingerprint density at radius 1 is 1.30 bits per heavy atom. The normalized spacial score (nSPS) is 17.3. The lowest BCUT2D eigenvalue weighted by atomic mass is 10.1. The number of likely N-dealkylation sites (tertiary alicyclic amines) is 1. The van der Waals surface area contributed by atoms with Crippen LogP contribution in [0.4, 0.5) is 4.79 Å². The van der Waals surface area contributed by atoms with Crippen LogP contribution in [-0.2, 0) is 20.9 Å². The van der Waals surface area contributed by atoms with Crippen molar-refractivity contribution < 1.29 is 19.1 Å². The molecule has 1 aliphatic rings. The van der Waals surface area contributed by atoms with Crippen molar-refractivity contribution in [1.29, 1.82) is 0 Å². The predicted molar refractivity (Wildman–Crippen MR) is 117 cm³/mol. The Morgan fingerprint density at radius 2 is 2.00 bits per heavy atom. The van der Waals surface area contributed by atoms with Gasteiger partial charge in [-0.1, -0.05) is 0 Å². The van der Waals surface area contributed by atoms with Gasteiger partial charge in [0.2, 0.25) is 11.8 Å². The molecule has 2 N–H and O–H groups in total. The molecule has 2 atom stereocenters. The molecule has 1 aliphatic heterocycles. The number of nitrogens with zero attached hydrogens (tertiary/aromatic N) is 2. The Bertz CT molecular complexity index is 723. The summed E-state index contributed by atoms with van der Waals surface area (Å²) in [4.78, 5) is 43.7. The van der Waals surface area contributed by atoms with Crippen LogP contribution in [0, 0.1) is 0 Å². The molecule has 1 aromatic heterocycles. The molecule has 0 unspecified atom stereocenters. The first-order valence-electron chi connectivity index (χ1n) is 10.2. The molecule has 1 fully saturated rings. The molecule has 2 rings (SSSR count). The molecule has 8 nitrogen and oxygen atoms in total. The van der Waals surface area contributed by atoms with Gasteiger partial charge in [0.25, 0.3) is 0 Å². The van der Waals surface area contributed by atoms with Gasteiger partial charge < -0.3 is 20.3 Å². The number of carbonyl (C=O) groups is 3. The fraction of sp³-hybridized carbons (Fsp3) is 0.619. The zero-order valence-electron chi connectivity index (χ0n) is 18.1. The number of thioether (sulfide) groups is 1. The van der Waals surface area contributed by atoms with E-state index >= 15 is 0 Å². The summed E-state index contributed by atoms with van der Waals surface area (Å²) in [5, 5.41) is 5.60. The average Bonchev–Trinajstić information content (AvgIpc) is 3.18. The van der Waals surface area contributed by atoms with Crippen LogP contribution in [0.25, 0.3) is 0 Å². The van der Waals surface area contributed by atoms with E-state index in [1.54, 1.807) is 49.8 Å². The highest BCUT2D eigenvalue weighted by Gasteiger charge is 2.37. The molecular formula is C21H32N4O4S. The molecule has 30 heavy (non-hydrogen) atoms. The Hall–Kier alpha value is -2.29. The van der Waals surface area contributed by atoms with Crippen LogP contribution >= 0.6 is 11.8 Å². The van der Waals surface area contributed by atoms with Gasteiger partial charge in [0, 0.05) is 25.5 Å². The molecule has 0 saturated carbocycles. The molecule has 166 valence electrons. The number of hydrogen-bond donors (Lipinski definition) is 2. The third-order valence-electron chi connectivity index (χ3n) is 4.65. The number of hydrogen-bond acceptors (Lipinski definition) is 6. The van der Waals surface area contributed by atoms with Crippen LogP contribution in [0.1, 0.15) is 45.6 Å². The quantitative estimate of drug-likeness (QED) is 0.649. The second kappa shape index (κ2) is 11.2. The van der Waals surface area contributed by atoms with Crippen molar-refractivity contribution >= 4 is 29.7 Å². The molecule has 0 aromatic carbocycles. The summed E-state index contributed by atoms with van der Waals surface area (Å²) in [6.45, 7) is 6.20. The SMILES string of the molecule is CSCC[C@H](NC(=O)OC(C)(C)C)C(=O)N1CCC[C@H]1C(=O)NCc1ccncc1. The van der Waals surface area contributed by atoms with Crippen molar-refractivity contribution in [1.82, 2.24) is 20.5 Å². The van der Waals surface area contributed by atoms with Gasteiger partial charge in [-0.25, -0.2) is 4.79 Å². The summed E-state index contributed by atoms with van der Waals surface area (Å²) in [5.74, 6) is 0.286. The van der Waals surface area contributed by atoms with E-state index in [9.17, 15) is 14.4 Å². The molecule has 0 bridgehead atoms. The first-order valence-corrected chi connectivity index (χ1v) is 11.6. The average molecular weight is 437 g/mol. The molecular weight excluding hydrogens is 404 g/mol. The maximum Gasteiger partial charge on any atom is 0.408 e. The van der Waals surface area contributed by atoms with Crippen LogP contribution in [-0.4, -0.2) is 64.0 Å². The number of aromatic nitrogens is 1. The number of amides is 3. The minimum Gasteiger partial charge on any atom is -0.444 e. The number of nitrogens with one attached hydrogen (secondary N) is 2. The molecule has 0 spiro atoms. The van der Waals surface area contributed by atoms with Gasteiger partial charge >= 0.3 is 6.09 Å². The molecule has 1 saturated heterocycles. The number of ether oxygens (including phenoxy) is 1. The van der Waals surface area contributed by atoms with Crippen molar-refractivity contribution in [2.24, 2.45) is 0 Å². The lowest BCUT2D eigenvalue weighted by molar-refractivity contribution is -0.140. The number of alkyl carbamates (subject to hydrolysis) is 1. The lowest BCUT2D eigenvalue weighted by Gasteiger charge is -2.29. The highest BCUT2D eigenvalue weighted by atomic mass is 32.2. The van der Waals surface area contributed by atoms with Crippen molar-refractivity contribution in [3.05, 3.63) is 30.1 Å². The van der Waals surface area contributed by atoms with E-state index in [1.165, 1.54) is 0 Å². The van der Waals surface area contributed by atoms with Crippen molar-refractivity contribution in [2.75, 3.05) is 18.6 Å². The monoisotopic (exact) mass is 436 g/mol. The van der Waals surface area contributed by atoms with Gasteiger partial charge in [0.15, 0.2) is 0 Å². The van der Waals surface area contributed by atoms with Gasteiger partial charge in [-0.05, 0) is 69.7 Å². The second-order valence-corrected chi connectivity index (χ2v) is 9.23. The van der Waals surface area contributed by atoms with Gasteiger partial charge in [-0.3, -0.25) is 14.6 Å². The third-order valence-corrected chi connectivity index (χ3v) is 5.30. The summed E-state index contributed by atoms with van der Waals surface area (Å²) < 4.78 is 5.31. The van der Waals surface area contributed by atoms with Crippen LogP contribution in [0.5, 0.6) is 0 Å². The number of pyridine rings is 1. The van der Waals surface area contributed by atoms with E-state index in [4.69, 9.17) is 4.74 Å². The van der Waals surface area contributed by atoms with Crippen molar-refractivity contribution in [2.45, 2.75) is 64.3 Å². The largest absolute Gasteiger partial charge is 0.444 e. The minimum atomic E-state index is -0.721. The molecule has 1 aromatic rings. The van der Waals surface area contributed by atoms with Gasteiger partial charge in [0.1, 0.15) is 17.7 Å². The van der Waals surface area contributed by atoms with E-state index in [0.717, 1.165) is 12.0 Å². The van der Waals surface area contributed by atoms with E-state index in [0.29, 0.717) is 31.7 Å². The van der Waals surface area contributed by atoms with Gasteiger partial charge in [-0.15, -0.1) is 0 Å². The van der Waals surface area contributed by atoms with Crippen LogP contribution < -0.4 is 10.6 Å². The molecule has 9 heteroatoms. The summed E-state index contributed by atoms with van der Waals surface area (Å²) in [7, 11) is 0. The minimum absolute atomic E-state index is 0.182. The highest BCUT2D eigenvalue weighted by Crippen LogP contribution is 2.20. The zero-order valence-corrected chi connectivity index (χ0v) is 19.0. The second-order valence-electron chi connectivity index (χ2n) is 8.24. The molecule has 0 radical (unpaired) electrons. The maximum absolute atomic E-state index is 13.2. The summed E-state index contributed by atoms with van der Waals surface area (Å²) in [6, 6.07) is 2.42. The van der Waals surface area contributed by atoms with E-state index in [1.807, 2.05) is 18.4 Å². The molecule has 2 heterocycles. The maximum atomic E-state index is 13.2. The highest BCUT2D eigenvalue weighted by molar-refractivity contribution is 7.98. The Kier molecular flexibility index (Phi) is 8.95. The van der Waals surface area contributed by atoms with Crippen molar-refractivity contribution in [3.8, 4) is 0 Å².